The lowest BCUT2D eigenvalue weighted by Crippen LogP contribution is -2.75. The zero-order valence-electron chi connectivity index (χ0n) is 37.4. The maximum Gasteiger partial charge on any atom is 0.416 e. The van der Waals surface area contributed by atoms with Crippen LogP contribution in [0.5, 0.6) is 0 Å². The van der Waals surface area contributed by atoms with E-state index in [4.69, 9.17) is 0 Å². The number of hydrogen-bond acceptors (Lipinski definition) is 2. The number of fused-ring (bicyclic) bond motifs is 1. The largest absolute Gasteiger partial charge is 0.416 e. The van der Waals surface area contributed by atoms with Crippen LogP contribution in [0.4, 0.5) is 105 Å². The van der Waals surface area contributed by atoms with Gasteiger partial charge in [0.1, 0.15) is 6.15 Å². The smallest absolute Gasteiger partial charge is 0.287 e. The Morgan fingerprint density at radius 1 is 0.364 bits per heavy atom. The molecule has 0 saturated carbocycles. The lowest BCUT2D eigenvalue weighted by molar-refractivity contribution is -0.658. The molecule has 0 fully saturated rings. The fourth-order valence-corrected chi connectivity index (χ4v) is 8.74. The van der Waals surface area contributed by atoms with Crippen LogP contribution in [-0.2, 0) is 56.0 Å². The number of para-hydroxylation sites is 1. The summed E-state index contributed by atoms with van der Waals surface area (Å²) < 4.78 is 343. The second-order valence-electron chi connectivity index (χ2n) is 16.9. The molecule has 7 rings (SSSR count). The minimum atomic E-state index is -6.13. The van der Waals surface area contributed by atoms with E-state index in [1.54, 1.807) is 0 Å². The van der Waals surface area contributed by atoms with Crippen molar-refractivity contribution in [2.45, 2.75) is 60.9 Å². The molecule has 0 N–H and O–H groups in total. The lowest BCUT2D eigenvalue weighted by atomic mass is 9.12. The molecular weight excluding hydrogens is 1120 g/mol. The normalized spacial score (nSPS) is 13.4. The Morgan fingerprint density at radius 3 is 0.909 bits per heavy atom. The molecule has 0 bridgehead atoms. The second-order valence-corrected chi connectivity index (χ2v) is 17.3. The van der Waals surface area contributed by atoms with Crippen molar-refractivity contribution >= 4 is 57.3 Å². The number of benzene rings is 6. The van der Waals surface area contributed by atoms with Gasteiger partial charge >= 0.3 is 49.4 Å². The molecule has 2 nitrogen and oxygen atoms in total. The predicted octanol–water partition coefficient (Wildman–Crippen LogP) is 14.5. The quantitative estimate of drug-likeness (QED) is 0.0555. The average molecular weight is 1140 g/mol. The molecule has 0 atom stereocenters. The predicted molar refractivity (Wildman–Crippen MR) is 232 cm³/mol. The van der Waals surface area contributed by atoms with E-state index in [1.165, 1.54) is 0 Å². The molecule has 0 radical (unpaired) electrons. The lowest BCUT2D eigenvalue weighted by Gasteiger charge is -2.46. The van der Waals surface area contributed by atoms with E-state index >= 15 is 0 Å². The summed E-state index contributed by atoms with van der Waals surface area (Å²) in [5, 5.41) is 1.08. The molecule has 28 heteroatoms. The van der Waals surface area contributed by atoms with Crippen LogP contribution in [0.3, 0.4) is 0 Å². The Labute approximate surface area is 421 Å². The monoisotopic (exact) mass is 1140 g/mol. The number of ketones is 1. The van der Waals surface area contributed by atoms with Crippen molar-refractivity contribution < 1.29 is 115 Å². The maximum atomic E-state index is 14.2. The fraction of sp³-hybridized carbons (Fsp3) is 0.184. The van der Waals surface area contributed by atoms with E-state index < -0.39 is 195 Å². The topological polar surface area (TPSA) is 20.9 Å². The van der Waals surface area contributed by atoms with Gasteiger partial charge in [0.2, 0.25) is 17.8 Å². The molecule has 1 heterocycles. The van der Waals surface area contributed by atoms with Crippen molar-refractivity contribution in [3.8, 4) is 0 Å². The van der Waals surface area contributed by atoms with Gasteiger partial charge in [-0.25, -0.2) is 0 Å². The van der Waals surface area contributed by atoms with Crippen molar-refractivity contribution in [3.63, 3.8) is 0 Å². The highest BCUT2D eigenvalue weighted by atomic mass is 32.1. The van der Waals surface area contributed by atoms with Crippen molar-refractivity contribution in [2.75, 3.05) is 0 Å². The van der Waals surface area contributed by atoms with Gasteiger partial charge in [0.25, 0.3) is 0 Å². The molecule has 0 amide bonds. The number of Topliss-reactive ketones (excluding diaryl/α,β-unsaturated/α-hetero) is 1. The Bertz CT molecular complexity index is 2870. The first-order valence-corrected chi connectivity index (χ1v) is 21.5. The Balaban J connectivity index is 0.000000397. The van der Waals surface area contributed by atoms with Crippen LogP contribution in [0.15, 0.2) is 145 Å². The van der Waals surface area contributed by atoms with Crippen LogP contribution in [0, 0.1) is 0 Å². The summed E-state index contributed by atoms with van der Waals surface area (Å²) in [5.74, 6) is 0.0969. The van der Waals surface area contributed by atoms with E-state index in [2.05, 4.69) is 12.6 Å². The van der Waals surface area contributed by atoms with Gasteiger partial charge in [0.15, 0.2) is 6.20 Å². The number of thiol groups is 1. The van der Waals surface area contributed by atoms with Crippen LogP contribution in [0.25, 0.3) is 10.9 Å². The number of hydrogen-bond donors (Lipinski definition) is 1. The summed E-state index contributed by atoms with van der Waals surface area (Å²) >= 11 is 4.50. The van der Waals surface area contributed by atoms with Gasteiger partial charge < -0.3 is 0 Å². The van der Waals surface area contributed by atoms with Crippen LogP contribution in [0.1, 0.15) is 54.9 Å². The van der Waals surface area contributed by atoms with E-state index in [-0.39, 0.29) is 5.78 Å². The molecule has 0 aliphatic carbocycles. The summed E-state index contributed by atoms with van der Waals surface area (Å²) in [6, 6.07) is 10.5. The number of alkyl halides is 24. The number of carbonyl (C=O) groups is 1. The van der Waals surface area contributed by atoms with E-state index in [0.717, 1.165) is 21.4 Å². The van der Waals surface area contributed by atoms with E-state index in [1.807, 2.05) is 71.4 Å². The summed E-state index contributed by atoms with van der Waals surface area (Å²) in [7, 11) is 0. The van der Waals surface area contributed by atoms with Gasteiger partial charge in [0, 0.05) is 17.0 Å². The van der Waals surface area contributed by atoms with E-state index in [0.29, 0.717) is 6.54 Å². The summed E-state index contributed by atoms with van der Waals surface area (Å²) in [5.41, 5.74) is -28.5. The fourth-order valence-electron chi connectivity index (χ4n) is 8.39. The first kappa shape index (κ1) is 59.4. The third-order valence-electron chi connectivity index (χ3n) is 11.7. The maximum absolute atomic E-state index is 14.2. The van der Waals surface area contributed by atoms with Gasteiger partial charge in [-0.15, -0.1) is 12.6 Å². The standard InChI is InChI=1S/C32H12BF24.C17H13NOS/c34-25(35,36)13-1-14(26(37,38)39)6-21(5-13)33(22-7-15(27(40,41)42)2-16(8-22)28(43,44)45,23-9-17(29(46,47)48)3-18(10-23)30(49,50)51)24-11-19(31(52,53)54)4-20(12-24)32(55,56)57;19-15(13-6-2-1-3-7-13)12-18-11-5-9-14-8-4-10-16(20)17(14)18/h1-12H;1-11H,12H2/q-1;/p+1. The highest BCUT2D eigenvalue weighted by molar-refractivity contribution is 7.80. The van der Waals surface area contributed by atoms with Gasteiger partial charge in [-0.3, -0.25) is 4.79 Å². The van der Waals surface area contributed by atoms with Crippen molar-refractivity contribution in [1.29, 1.82) is 0 Å². The van der Waals surface area contributed by atoms with Crippen molar-refractivity contribution in [3.05, 3.63) is 190 Å². The third kappa shape index (κ3) is 13.3. The first-order chi connectivity index (χ1) is 35.0. The molecule has 0 saturated heterocycles. The highest BCUT2D eigenvalue weighted by Crippen LogP contribution is 2.41. The molecule has 410 valence electrons. The second kappa shape index (κ2) is 20.5. The van der Waals surface area contributed by atoms with Gasteiger partial charge in [-0.05, 0) is 42.5 Å². The van der Waals surface area contributed by atoms with Gasteiger partial charge in [-0.2, -0.15) is 132 Å². The van der Waals surface area contributed by atoms with Crippen LogP contribution in [0.2, 0.25) is 0 Å². The Kier molecular flexibility index (Phi) is 15.8. The molecule has 0 spiro atoms. The van der Waals surface area contributed by atoms with Gasteiger partial charge in [-0.1, -0.05) is 84.9 Å². The highest BCUT2D eigenvalue weighted by Gasteiger charge is 2.47. The number of pyridine rings is 1. The number of carbonyl (C=O) groups excluding carboxylic acids is 1. The summed E-state index contributed by atoms with van der Waals surface area (Å²) in [4.78, 5) is 13.2. The van der Waals surface area contributed by atoms with Crippen LogP contribution >= 0.6 is 12.6 Å². The minimum Gasteiger partial charge on any atom is -0.287 e. The molecule has 0 aliphatic heterocycles. The number of aromatic nitrogens is 1. The molecule has 0 aliphatic rings. The molecule has 7 aromatic rings. The third-order valence-corrected chi connectivity index (χ3v) is 12.1. The van der Waals surface area contributed by atoms with Crippen molar-refractivity contribution in [2.24, 2.45) is 0 Å². The van der Waals surface area contributed by atoms with Crippen LogP contribution < -0.4 is 26.4 Å². The molecule has 0 unspecified atom stereocenters. The van der Waals surface area contributed by atoms with Gasteiger partial charge in [0.05, 0.1) is 49.4 Å². The minimum absolute atomic E-state index is 0.0969. The van der Waals surface area contributed by atoms with Crippen molar-refractivity contribution in [1.82, 2.24) is 0 Å². The Morgan fingerprint density at radius 2 is 0.636 bits per heavy atom. The van der Waals surface area contributed by atoms with E-state index in [9.17, 15) is 110 Å². The molecule has 6 aromatic carbocycles. The first-order valence-electron chi connectivity index (χ1n) is 21.1. The molecule has 77 heavy (non-hydrogen) atoms. The number of rotatable bonds is 7. The summed E-state index contributed by atoms with van der Waals surface area (Å²) in [6.45, 7) is 0.318. The summed E-state index contributed by atoms with van der Waals surface area (Å²) in [6.07, 6.45) is -52.9. The number of halogens is 24. The molecule has 1 aromatic heterocycles. The Hall–Kier alpha value is -6.87. The zero-order valence-corrected chi connectivity index (χ0v) is 38.3. The molecular formula is C49H26BF24NOS. The zero-order chi connectivity index (χ0) is 57.9. The average Bonchev–Trinajstić information content (AvgIpc) is 3.30. The van der Waals surface area contributed by atoms with Crippen LogP contribution in [-0.4, -0.2) is 11.9 Å². The number of nitrogens with zero attached hydrogens (tertiary/aromatic N) is 1. The SMILES string of the molecule is FC(F)(F)c1cc([B-](c2cc(C(F)(F)F)cc(C(F)(F)F)c2)(c2cc(C(F)(F)F)cc(C(F)(F)F)c2)c2cc(C(F)(F)F)cc(C(F)(F)F)c2)cc(C(F)(F)F)c1.O=C(C[n+]1cccc2cccc(S)c21)c1ccccc1.